The minimum atomic E-state index is -0.667. The smallest absolute Gasteiger partial charge is 0.170 e. The number of ether oxygens (including phenoxy) is 1. The first-order chi connectivity index (χ1) is 9.51. The highest BCUT2D eigenvalue weighted by molar-refractivity contribution is 6.35. The summed E-state index contributed by atoms with van der Waals surface area (Å²) in [6, 6.07) is 8.49. The molecule has 0 spiro atoms. The number of benzene rings is 2. The van der Waals surface area contributed by atoms with Crippen LogP contribution in [0, 0.1) is 5.82 Å². The molecule has 0 aliphatic heterocycles. The molecule has 0 aliphatic rings. The van der Waals surface area contributed by atoms with Gasteiger partial charge in [-0.15, -0.1) is 0 Å². The molecule has 0 aliphatic carbocycles. The van der Waals surface area contributed by atoms with Crippen LogP contribution in [0.1, 0.15) is 5.56 Å². The Morgan fingerprint density at radius 2 is 1.85 bits per heavy atom. The van der Waals surface area contributed by atoms with Crippen molar-refractivity contribution in [3.8, 4) is 11.5 Å². The molecule has 3 N–H and O–H groups in total. The van der Waals surface area contributed by atoms with Crippen molar-refractivity contribution in [3.63, 3.8) is 0 Å². The zero-order chi connectivity index (χ0) is 14.7. The summed E-state index contributed by atoms with van der Waals surface area (Å²) in [5, 5.41) is 12.0. The standard InChI is InChI=1S/C13H9Cl2FN2O2/c14-8-2-4-11(9(15)6-8)20-12-3-1-7(5-10(12)16)13(17)18-19/h1-6,19H,(H2,17,18). The van der Waals surface area contributed by atoms with Gasteiger partial charge in [0.05, 0.1) is 5.02 Å². The summed E-state index contributed by atoms with van der Waals surface area (Å²) < 4.78 is 19.2. The predicted octanol–water partition coefficient (Wildman–Crippen LogP) is 4.02. The van der Waals surface area contributed by atoms with Crippen LogP contribution >= 0.6 is 23.2 Å². The predicted molar refractivity (Wildman–Crippen MR) is 75.4 cm³/mol. The van der Waals surface area contributed by atoms with Gasteiger partial charge in [-0.25, -0.2) is 4.39 Å². The van der Waals surface area contributed by atoms with Crippen molar-refractivity contribution in [1.82, 2.24) is 0 Å². The summed E-state index contributed by atoms with van der Waals surface area (Å²) >= 11 is 11.7. The Balaban J connectivity index is 2.30. The Kier molecular flexibility index (Phi) is 4.32. The van der Waals surface area contributed by atoms with Gasteiger partial charge in [-0.05, 0) is 36.4 Å². The highest BCUT2D eigenvalue weighted by Gasteiger charge is 2.10. The largest absolute Gasteiger partial charge is 0.453 e. The van der Waals surface area contributed by atoms with Gasteiger partial charge in [-0.3, -0.25) is 0 Å². The van der Waals surface area contributed by atoms with E-state index < -0.39 is 5.82 Å². The van der Waals surface area contributed by atoms with Crippen LogP contribution in [0.4, 0.5) is 4.39 Å². The van der Waals surface area contributed by atoms with Crippen LogP contribution in [-0.2, 0) is 0 Å². The molecule has 0 aromatic heterocycles. The van der Waals surface area contributed by atoms with Crippen LogP contribution < -0.4 is 10.5 Å². The summed E-state index contributed by atoms with van der Waals surface area (Å²) in [6.45, 7) is 0. The molecule has 0 unspecified atom stereocenters. The SMILES string of the molecule is N/C(=N\O)c1ccc(Oc2ccc(Cl)cc2Cl)c(F)c1. The van der Waals surface area contributed by atoms with Gasteiger partial charge in [-0.2, -0.15) is 0 Å². The second-order valence-corrected chi connectivity index (χ2v) is 4.65. The van der Waals surface area contributed by atoms with Gasteiger partial charge < -0.3 is 15.7 Å². The molecule has 2 aromatic rings. The molecule has 0 radical (unpaired) electrons. The normalized spacial score (nSPS) is 11.4. The molecule has 104 valence electrons. The number of amidine groups is 1. The fraction of sp³-hybridized carbons (Fsp3) is 0. The lowest BCUT2D eigenvalue weighted by molar-refractivity contribution is 0.318. The summed E-state index contributed by atoms with van der Waals surface area (Å²) in [4.78, 5) is 0. The van der Waals surface area contributed by atoms with E-state index in [0.717, 1.165) is 6.07 Å². The number of nitrogens with two attached hydrogens (primary N) is 1. The lowest BCUT2D eigenvalue weighted by Crippen LogP contribution is -2.13. The van der Waals surface area contributed by atoms with E-state index in [0.29, 0.717) is 5.02 Å². The van der Waals surface area contributed by atoms with Gasteiger partial charge in [-0.1, -0.05) is 28.4 Å². The van der Waals surface area contributed by atoms with Gasteiger partial charge in [0.15, 0.2) is 17.4 Å². The van der Waals surface area contributed by atoms with Crippen molar-refractivity contribution in [3.05, 3.63) is 57.8 Å². The van der Waals surface area contributed by atoms with Crippen LogP contribution in [0.5, 0.6) is 11.5 Å². The van der Waals surface area contributed by atoms with Crippen molar-refractivity contribution in [2.45, 2.75) is 0 Å². The molecule has 0 saturated heterocycles. The molecule has 0 saturated carbocycles. The molecule has 2 aromatic carbocycles. The minimum Gasteiger partial charge on any atom is -0.453 e. The van der Waals surface area contributed by atoms with Crippen LogP contribution in [0.3, 0.4) is 0 Å². The Hall–Kier alpha value is -1.98. The summed E-state index contributed by atoms with van der Waals surface area (Å²) in [7, 11) is 0. The van der Waals surface area contributed by atoms with Crippen molar-refractivity contribution in [2.24, 2.45) is 10.9 Å². The zero-order valence-corrected chi connectivity index (χ0v) is 11.5. The number of hydrogen-bond acceptors (Lipinski definition) is 3. The van der Waals surface area contributed by atoms with Gasteiger partial charge >= 0.3 is 0 Å². The molecule has 0 bridgehead atoms. The van der Waals surface area contributed by atoms with Crippen molar-refractivity contribution in [2.75, 3.05) is 0 Å². The van der Waals surface area contributed by atoms with E-state index >= 15 is 0 Å². The monoisotopic (exact) mass is 314 g/mol. The van der Waals surface area contributed by atoms with Crippen molar-refractivity contribution >= 4 is 29.0 Å². The van der Waals surface area contributed by atoms with Crippen molar-refractivity contribution in [1.29, 1.82) is 0 Å². The lowest BCUT2D eigenvalue weighted by Gasteiger charge is -2.09. The van der Waals surface area contributed by atoms with Gasteiger partial charge in [0, 0.05) is 10.6 Å². The number of hydrogen-bond donors (Lipinski definition) is 2. The second kappa shape index (κ2) is 5.98. The van der Waals surface area contributed by atoms with E-state index in [1.54, 1.807) is 6.07 Å². The van der Waals surface area contributed by atoms with E-state index in [9.17, 15) is 4.39 Å². The van der Waals surface area contributed by atoms with E-state index in [2.05, 4.69) is 5.16 Å². The maximum atomic E-state index is 13.9. The molecule has 7 heteroatoms. The highest BCUT2D eigenvalue weighted by Crippen LogP contribution is 2.32. The van der Waals surface area contributed by atoms with Crippen LogP contribution in [0.15, 0.2) is 41.6 Å². The molecule has 0 amide bonds. The minimum absolute atomic E-state index is 0.0382. The third kappa shape index (κ3) is 3.12. The van der Waals surface area contributed by atoms with Crippen molar-refractivity contribution < 1.29 is 14.3 Å². The fourth-order valence-corrected chi connectivity index (χ4v) is 1.92. The number of halogens is 3. The third-order valence-corrected chi connectivity index (χ3v) is 2.98. The van der Waals surface area contributed by atoms with Crippen LogP contribution in [0.2, 0.25) is 10.0 Å². The molecular weight excluding hydrogens is 306 g/mol. The van der Waals surface area contributed by atoms with E-state index in [1.165, 1.54) is 24.3 Å². The highest BCUT2D eigenvalue weighted by atomic mass is 35.5. The Morgan fingerprint density at radius 1 is 1.15 bits per heavy atom. The summed E-state index contributed by atoms with van der Waals surface area (Å²) in [5.74, 6) is -0.629. The third-order valence-electron chi connectivity index (χ3n) is 2.45. The molecular formula is C13H9Cl2FN2O2. The number of nitrogens with zero attached hydrogens (tertiary/aromatic N) is 1. The Morgan fingerprint density at radius 3 is 2.45 bits per heavy atom. The Labute approximate surface area is 124 Å². The molecule has 0 heterocycles. The van der Waals surface area contributed by atoms with Crippen LogP contribution in [-0.4, -0.2) is 11.0 Å². The van der Waals surface area contributed by atoms with E-state index in [1.807, 2.05) is 0 Å². The summed E-state index contributed by atoms with van der Waals surface area (Å²) in [5.41, 5.74) is 5.60. The van der Waals surface area contributed by atoms with Crippen LogP contribution in [0.25, 0.3) is 0 Å². The van der Waals surface area contributed by atoms with Gasteiger partial charge in [0.25, 0.3) is 0 Å². The molecule has 20 heavy (non-hydrogen) atoms. The molecule has 0 fully saturated rings. The summed E-state index contributed by atoms with van der Waals surface area (Å²) in [6.07, 6.45) is 0. The second-order valence-electron chi connectivity index (χ2n) is 3.81. The van der Waals surface area contributed by atoms with E-state index in [4.69, 9.17) is 38.9 Å². The average molecular weight is 315 g/mol. The quantitative estimate of drug-likeness (QED) is 0.389. The first kappa shape index (κ1) is 14.4. The van der Waals surface area contributed by atoms with E-state index in [-0.39, 0.29) is 27.9 Å². The average Bonchev–Trinajstić information content (AvgIpc) is 2.42. The molecule has 0 atom stereocenters. The molecule has 4 nitrogen and oxygen atoms in total. The first-order valence-electron chi connectivity index (χ1n) is 5.41. The maximum absolute atomic E-state index is 13.9. The maximum Gasteiger partial charge on any atom is 0.170 e. The first-order valence-corrected chi connectivity index (χ1v) is 6.17. The van der Waals surface area contributed by atoms with Gasteiger partial charge in [0.1, 0.15) is 5.75 Å². The Bertz CT molecular complexity index is 677. The number of rotatable bonds is 3. The molecule has 2 rings (SSSR count). The fourth-order valence-electron chi connectivity index (χ4n) is 1.48. The topological polar surface area (TPSA) is 67.8 Å². The zero-order valence-electron chi connectivity index (χ0n) is 9.98. The number of oxime groups is 1. The lowest BCUT2D eigenvalue weighted by atomic mass is 10.2. The van der Waals surface area contributed by atoms with Gasteiger partial charge in [0.2, 0.25) is 0 Å².